The first-order valence-corrected chi connectivity index (χ1v) is 10.8. The molecule has 2 aromatic rings. The van der Waals surface area contributed by atoms with Crippen LogP contribution in [-0.4, -0.2) is 26.8 Å². The first-order chi connectivity index (χ1) is 12.1. The van der Waals surface area contributed by atoms with E-state index in [0.717, 1.165) is 21.7 Å². The highest BCUT2D eigenvalue weighted by Crippen LogP contribution is 2.28. The molecule has 0 spiro atoms. The molecule has 0 atom stereocenters. The third kappa shape index (κ3) is 4.68. The van der Waals surface area contributed by atoms with Crippen LogP contribution in [0.5, 0.6) is 0 Å². The van der Waals surface area contributed by atoms with Gasteiger partial charge in [0, 0.05) is 17.0 Å². The normalized spacial score (nSPS) is 12.2. The second-order valence-electron chi connectivity index (χ2n) is 7.74. The van der Waals surface area contributed by atoms with Crippen molar-refractivity contribution in [1.29, 1.82) is 0 Å². The molecular formula is C19H29N3O2S2. The molecule has 5 nitrogen and oxygen atoms in total. The van der Waals surface area contributed by atoms with E-state index in [2.05, 4.69) is 19.2 Å². The summed E-state index contributed by atoms with van der Waals surface area (Å²) in [5.74, 6) is 0.535. The molecule has 0 unspecified atom stereocenters. The number of fused-ring (bicyclic) bond motifs is 1. The summed E-state index contributed by atoms with van der Waals surface area (Å²) in [7, 11) is 0. The maximum Gasteiger partial charge on any atom is 0.263 e. The second-order valence-corrected chi connectivity index (χ2v) is 9.89. The van der Waals surface area contributed by atoms with Crippen molar-refractivity contribution in [1.82, 2.24) is 14.9 Å². The van der Waals surface area contributed by atoms with E-state index < -0.39 is 0 Å². The smallest absolute Gasteiger partial charge is 0.263 e. The number of aryl methyl sites for hydroxylation is 2. The first-order valence-electron chi connectivity index (χ1n) is 9.00. The van der Waals surface area contributed by atoms with E-state index in [1.54, 1.807) is 15.9 Å². The Morgan fingerprint density at radius 3 is 2.58 bits per heavy atom. The summed E-state index contributed by atoms with van der Waals surface area (Å²) in [4.78, 5) is 31.9. The molecule has 1 amide bonds. The van der Waals surface area contributed by atoms with Gasteiger partial charge in [0.25, 0.3) is 5.56 Å². The molecule has 7 heteroatoms. The molecule has 0 aromatic carbocycles. The summed E-state index contributed by atoms with van der Waals surface area (Å²) >= 11 is 2.88. The van der Waals surface area contributed by atoms with Crippen LogP contribution >= 0.6 is 23.1 Å². The zero-order valence-electron chi connectivity index (χ0n) is 16.7. The van der Waals surface area contributed by atoms with Crippen LogP contribution in [0.3, 0.4) is 0 Å². The Kier molecular flexibility index (Phi) is 6.55. The molecule has 1 N–H and O–H groups in total. The Labute approximate surface area is 163 Å². The maximum absolute atomic E-state index is 13.1. The van der Waals surface area contributed by atoms with Gasteiger partial charge in [-0.3, -0.25) is 14.2 Å². The highest BCUT2D eigenvalue weighted by Gasteiger charge is 2.20. The SMILES string of the molecule is CCC(C)(C)NC(=O)CSc1nc2sc(C)c(C)c2c(=O)n1CC(C)C. The lowest BCUT2D eigenvalue weighted by molar-refractivity contribution is -0.120. The Bertz CT molecular complexity index is 866. The van der Waals surface area contributed by atoms with Crippen LogP contribution in [0.15, 0.2) is 9.95 Å². The summed E-state index contributed by atoms with van der Waals surface area (Å²) in [6, 6.07) is 0. The second kappa shape index (κ2) is 8.13. The van der Waals surface area contributed by atoms with Gasteiger partial charge in [-0.2, -0.15) is 0 Å². The van der Waals surface area contributed by atoms with Gasteiger partial charge in [-0.25, -0.2) is 4.98 Å². The number of carbonyl (C=O) groups excluding carboxylic acids is 1. The lowest BCUT2D eigenvalue weighted by Gasteiger charge is -2.24. The number of hydrogen-bond acceptors (Lipinski definition) is 5. The zero-order valence-corrected chi connectivity index (χ0v) is 18.4. The molecule has 0 saturated carbocycles. The van der Waals surface area contributed by atoms with Crippen molar-refractivity contribution in [3.8, 4) is 0 Å². The van der Waals surface area contributed by atoms with Crippen LogP contribution in [0, 0.1) is 19.8 Å². The van der Waals surface area contributed by atoms with Gasteiger partial charge in [0.15, 0.2) is 5.16 Å². The molecule has 0 radical (unpaired) electrons. The number of nitrogens with zero attached hydrogens (tertiary/aromatic N) is 2. The zero-order chi connectivity index (χ0) is 19.6. The summed E-state index contributed by atoms with van der Waals surface area (Å²) in [6.07, 6.45) is 0.861. The number of amides is 1. The van der Waals surface area contributed by atoms with E-state index in [-0.39, 0.29) is 22.8 Å². The van der Waals surface area contributed by atoms with Gasteiger partial charge in [-0.1, -0.05) is 32.5 Å². The van der Waals surface area contributed by atoms with Gasteiger partial charge < -0.3 is 5.32 Å². The summed E-state index contributed by atoms with van der Waals surface area (Å²) in [5, 5.41) is 4.37. The molecule has 144 valence electrons. The fraction of sp³-hybridized carbons (Fsp3) is 0.632. The van der Waals surface area contributed by atoms with Crippen LogP contribution in [0.1, 0.15) is 51.5 Å². The number of aromatic nitrogens is 2. The maximum atomic E-state index is 13.1. The molecular weight excluding hydrogens is 366 g/mol. The highest BCUT2D eigenvalue weighted by atomic mass is 32.2. The van der Waals surface area contributed by atoms with Crippen LogP contribution < -0.4 is 10.9 Å². The van der Waals surface area contributed by atoms with Crippen LogP contribution in [0.25, 0.3) is 10.2 Å². The van der Waals surface area contributed by atoms with Gasteiger partial charge >= 0.3 is 0 Å². The van der Waals surface area contributed by atoms with Crippen molar-refractivity contribution in [3.63, 3.8) is 0 Å². The lowest BCUT2D eigenvalue weighted by Crippen LogP contribution is -2.43. The fourth-order valence-corrected chi connectivity index (χ4v) is 4.46. The summed E-state index contributed by atoms with van der Waals surface area (Å²) in [6.45, 7) is 14.8. The van der Waals surface area contributed by atoms with Crippen LogP contribution in [0.2, 0.25) is 0 Å². The van der Waals surface area contributed by atoms with Crippen molar-refractivity contribution >= 4 is 39.2 Å². The summed E-state index contributed by atoms with van der Waals surface area (Å²) in [5.41, 5.74) is 0.788. The Morgan fingerprint density at radius 1 is 1.35 bits per heavy atom. The van der Waals surface area contributed by atoms with Gasteiger partial charge in [0.1, 0.15) is 4.83 Å². The molecule has 2 rings (SSSR count). The summed E-state index contributed by atoms with van der Waals surface area (Å²) < 4.78 is 1.73. The van der Waals surface area contributed by atoms with Gasteiger partial charge in [0.05, 0.1) is 11.1 Å². The molecule has 0 bridgehead atoms. The van der Waals surface area contributed by atoms with Crippen LogP contribution in [0.4, 0.5) is 0 Å². The monoisotopic (exact) mass is 395 g/mol. The molecule has 0 aliphatic heterocycles. The van der Waals surface area contributed by atoms with E-state index >= 15 is 0 Å². The van der Waals surface area contributed by atoms with Gasteiger partial charge in [0.2, 0.25) is 5.91 Å². The van der Waals surface area contributed by atoms with E-state index in [1.807, 2.05) is 34.6 Å². The van der Waals surface area contributed by atoms with E-state index in [0.29, 0.717) is 23.0 Å². The van der Waals surface area contributed by atoms with E-state index in [9.17, 15) is 9.59 Å². The Morgan fingerprint density at radius 2 is 2.00 bits per heavy atom. The van der Waals surface area contributed by atoms with Gasteiger partial charge in [-0.05, 0) is 45.6 Å². The molecule has 0 fully saturated rings. The van der Waals surface area contributed by atoms with E-state index in [1.165, 1.54) is 11.8 Å². The quantitative estimate of drug-likeness (QED) is 0.566. The Hall–Kier alpha value is -1.34. The largest absolute Gasteiger partial charge is 0.351 e. The van der Waals surface area contributed by atoms with Crippen molar-refractivity contribution in [2.24, 2.45) is 5.92 Å². The van der Waals surface area contributed by atoms with E-state index in [4.69, 9.17) is 4.98 Å². The molecule has 0 aliphatic rings. The Balaban J connectivity index is 2.36. The number of carbonyl (C=O) groups is 1. The predicted molar refractivity (Wildman–Crippen MR) is 111 cm³/mol. The number of thiophene rings is 1. The van der Waals surface area contributed by atoms with Crippen LogP contribution in [-0.2, 0) is 11.3 Å². The van der Waals surface area contributed by atoms with Crippen molar-refractivity contribution in [2.75, 3.05) is 5.75 Å². The lowest BCUT2D eigenvalue weighted by atomic mass is 10.0. The fourth-order valence-electron chi connectivity index (χ4n) is 2.58. The number of hydrogen-bond donors (Lipinski definition) is 1. The predicted octanol–water partition coefficient (Wildman–Crippen LogP) is 4.13. The minimum atomic E-state index is -0.228. The highest BCUT2D eigenvalue weighted by molar-refractivity contribution is 7.99. The number of nitrogens with one attached hydrogen (secondary N) is 1. The standard InChI is InChI=1S/C19H29N3O2S2/c1-8-19(6,7)21-14(23)10-25-18-20-16-15(12(4)13(5)26-16)17(24)22(18)9-11(2)3/h11H,8-10H2,1-7H3,(H,21,23). The molecule has 26 heavy (non-hydrogen) atoms. The molecule has 0 aliphatic carbocycles. The third-order valence-electron chi connectivity index (χ3n) is 4.50. The van der Waals surface area contributed by atoms with Crippen molar-refractivity contribution in [3.05, 3.63) is 20.8 Å². The minimum Gasteiger partial charge on any atom is -0.351 e. The number of rotatable bonds is 7. The topological polar surface area (TPSA) is 64.0 Å². The average molecular weight is 396 g/mol. The third-order valence-corrected chi connectivity index (χ3v) is 6.57. The average Bonchev–Trinajstić information content (AvgIpc) is 2.82. The first kappa shape index (κ1) is 21.0. The molecule has 2 aromatic heterocycles. The minimum absolute atomic E-state index is 0.00217. The molecule has 0 saturated heterocycles. The number of thioether (sulfide) groups is 1. The van der Waals surface area contributed by atoms with Crippen molar-refractivity contribution < 1.29 is 4.79 Å². The van der Waals surface area contributed by atoms with Crippen molar-refractivity contribution in [2.45, 2.75) is 72.1 Å². The molecule has 2 heterocycles. The van der Waals surface area contributed by atoms with Gasteiger partial charge in [-0.15, -0.1) is 11.3 Å².